The highest BCUT2D eigenvalue weighted by molar-refractivity contribution is 5.88. The average molecular weight is 194 g/mol. The summed E-state index contributed by atoms with van der Waals surface area (Å²) < 4.78 is 0. The summed E-state index contributed by atoms with van der Waals surface area (Å²) in [5.41, 5.74) is 0.276. The fourth-order valence-electron chi connectivity index (χ4n) is 1.21. The Kier molecular flexibility index (Phi) is 3.45. The van der Waals surface area contributed by atoms with E-state index >= 15 is 0 Å². The molecule has 1 heterocycles. The third-order valence-electron chi connectivity index (χ3n) is 1.94. The lowest BCUT2D eigenvalue weighted by Gasteiger charge is -2.16. The van der Waals surface area contributed by atoms with Gasteiger partial charge in [0.2, 0.25) is 0 Å². The monoisotopic (exact) mass is 194 g/mol. The van der Waals surface area contributed by atoms with Gasteiger partial charge in [-0.3, -0.25) is 0 Å². The SMILES string of the molecule is CCCN(C)c1cc(C(=O)O)ccn1. The van der Waals surface area contributed by atoms with E-state index in [1.807, 2.05) is 11.9 Å². The van der Waals surface area contributed by atoms with Gasteiger partial charge < -0.3 is 10.0 Å². The molecule has 0 amide bonds. The van der Waals surface area contributed by atoms with Gasteiger partial charge >= 0.3 is 5.97 Å². The topological polar surface area (TPSA) is 53.4 Å². The van der Waals surface area contributed by atoms with Gasteiger partial charge in [-0.2, -0.15) is 0 Å². The molecule has 4 heteroatoms. The van der Waals surface area contributed by atoms with E-state index in [2.05, 4.69) is 11.9 Å². The lowest BCUT2D eigenvalue weighted by atomic mass is 10.2. The number of rotatable bonds is 4. The standard InChI is InChI=1S/C10H14N2O2/c1-3-6-12(2)9-7-8(10(13)14)4-5-11-9/h4-5,7H,3,6H2,1-2H3,(H,13,14). The Labute approximate surface area is 83.2 Å². The maximum absolute atomic E-state index is 10.7. The summed E-state index contributed by atoms with van der Waals surface area (Å²) in [7, 11) is 1.90. The molecule has 1 rings (SSSR count). The molecule has 0 aromatic carbocycles. The van der Waals surface area contributed by atoms with Gasteiger partial charge in [0.1, 0.15) is 5.82 Å². The molecule has 0 saturated heterocycles. The molecule has 14 heavy (non-hydrogen) atoms. The predicted molar refractivity (Wildman–Crippen MR) is 54.8 cm³/mol. The van der Waals surface area contributed by atoms with Crippen LogP contribution in [0.25, 0.3) is 0 Å². The van der Waals surface area contributed by atoms with Crippen molar-refractivity contribution < 1.29 is 9.90 Å². The van der Waals surface area contributed by atoms with E-state index in [1.165, 1.54) is 12.3 Å². The van der Waals surface area contributed by atoms with Gasteiger partial charge in [-0.25, -0.2) is 9.78 Å². The molecule has 0 atom stereocenters. The van der Waals surface area contributed by atoms with Crippen LogP contribution in [0.2, 0.25) is 0 Å². The molecular formula is C10H14N2O2. The Balaban J connectivity index is 2.87. The van der Waals surface area contributed by atoms with Crippen molar-refractivity contribution in [2.24, 2.45) is 0 Å². The molecule has 0 radical (unpaired) electrons. The van der Waals surface area contributed by atoms with E-state index < -0.39 is 5.97 Å². The Morgan fingerprint density at radius 3 is 2.93 bits per heavy atom. The summed E-state index contributed by atoms with van der Waals surface area (Å²) in [6, 6.07) is 3.07. The van der Waals surface area contributed by atoms with Crippen molar-refractivity contribution in [1.29, 1.82) is 0 Å². The maximum atomic E-state index is 10.7. The van der Waals surface area contributed by atoms with Gasteiger partial charge in [-0.05, 0) is 18.6 Å². The number of aromatic nitrogens is 1. The molecule has 0 fully saturated rings. The third kappa shape index (κ3) is 2.45. The van der Waals surface area contributed by atoms with E-state index in [9.17, 15) is 4.79 Å². The number of hydrogen-bond acceptors (Lipinski definition) is 3. The van der Waals surface area contributed by atoms with E-state index in [0.29, 0.717) is 5.82 Å². The highest BCUT2D eigenvalue weighted by atomic mass is 16.4. The number of carbonyl (C=O) groups is 1. The summed E-state index contributed by atoms with van der Waals surface area (Å²) in [6.45, 7) is 2.94. The molecular weight excluding hydrogens is 180 g/mol. The van der Waals surface area contributed by atoms with E-state index in [0.717, 1.165) is 13.0 Å². The lowest BCUT2D eigenvalue weighted by molar-refractivity contribution is 0.0697. The molecule has 0 saturated carbocycles. The summed E-state index contributed by atoms with van der Waals surface area (Å²) in [4.78, 5) is 16.7. The zero-order valence-corrected chi connectivity index (χ0v) is 8.40. The molecule has 1 aromatic rings. The molecule has 0 aliphatic rings. The van der Waals surface area contributed by atoms with Crippen LogP contribution in [0.15, 0.2) is 18.3 Å². The van der Waals surface area contributed by atoms with Crippen molar-refractivity contribution in [2.75, 3.05) is 18.5 Å². The van der Waals surface area contributed by atoms with Gasteiger partial charge in [0, 0.05) is 19.8 Å². The second kappa shape index (κ2) is 4.60. The van der Waals surface area contributed by atoms with Crippen LogP contribution in [-0.2, 0) is 0 Å². The lowest BCUT2D eigenvalue weighted by Crippen LogP contribution is -2.19. The van der Waals surface area contributed by atoms with Crippen LogP contribution in [0.3, 0.4) is 0 Å². The van der Waals surface area contributed by atoms with E-state index in [4.69, 9.17) is 5.11 Å². The number of carboxylic acids is 1. The van der Waals surface area contributed by atoms with Gasteiger partial charge in [0.15, 0.2) is 0 Å². The number of hydrogen-bond donors (Lipinski definition) is 1. The molecule has 0 spiro atoms. The Morgan fingerprint density at radius 1 is 1.64 bits per heavy atom. The molecule has 1 aromatic heterocycles. The molecule has 1 N–H and O–H groups in total. The van der Waals surface area contributed by atoms with E-state index in [-0.39, 0.29) is 5.56 Å². The van der Waals surface area contributed by atoms with Gasteiger partial charge in [0.05, 0.1) is 5.56 Å². The Bertz CT molecular complexity index is 326. The number of nitrogens with zero attached hydrogens (tertiary/aromatic N) is 2. The highest BCUT2D eigenvalue weighted by Gasteiger charge is 2.06. The minimum absolute atomic E-state index is 0.276. The van der Waals surface area contributed by atoms with Crippen LogP contribution >= 0.6 is 0 Å². The van der Waals surface area contributed by atoms with E-state index in [1.54, 1.807) is 6.07 Å². The first kappa shape index (κ1) is 10.5. The second-order valence-electron chi connectivity index (χ2n) is 3.13. The molecule has 0 aliphatic heterocycles. The average Bonchev–Trinajstić information content (AvgIpc) is 2.18. The molecule has 76 valence electrons. The van der Waals surface area contributed by atoms with Crippen LogP contribution in [0.5, 0.6) is 0 Å². The highest BCUT2D eigenvalue weighted by Crippen LogP contribution is 2.11. The zero-order valence-electron chi connectivity index (χ0n) is 8.40. The third-order valence-corrected chi connectivity index (χ3v) is 1.94. The van der Waals surface area contributed by atoms with Crippen LogP contribution in [0, 0.1) is 0 Å². The van der Waals surface area contributed by atoms with Crippen LogP contribution in [-0.4, -0.2) is 29.7 Å². The number of aromatic carboxylic acids is 1. The largest absolute Gasteiger partial charge is 0.478 e. The normalized spacial score (nSPS) is 9.86. The van der Waals surface area contributed by atoms with Crippen molar-refractivity contribution in [3.63, 3.8) is 0 Å². The summed E-state index contributed by atoms with van der Waals surface area (Å²) in [5, 5.41) is 8.77. The summed E-state index contributed by atoms with van der Waals surface area (Å²) in [6.07, 6.45) is 2.53. The van der Waals surface area contributed by atoms with Gasteiger partial charge in [0.25, 0.3) is 0 Å². The molecule has 0 aliphatic carbocycles. The minimum Gasteiger partial charge on any atom is -0.478 e. The minimum atomic E-state index is -0.918. The first-order valence-corrected chi connectivity index (χ1v) is 4.55. The first-order chi connectivity index (χ1) is 6.65. The van der Waals surface area contributed by atoms with Crippen molar-refractivity contribution >= 4 is 11.8 Å². The Morgan fingerprint density at radius 2 is 2.36 bits per heavy atom. The maximum Gasteiger partial charge on any atom is 0.335 e. The van der Waals surface area contributed by atoms with Crippen molar-refractivity contribution in [3.8, 4) is 0 Å². The predicted octanol–water partition coefficient (Wildman–Crippen LogP) is 1.63. The van der Waals surface area contributed by atoms with Crippen molar-refractivity contribution in [3.05, 3.63) is 23.9 Å². The second-order valence-corrected chi connectivity index (χ2v) is 3.13. The molecule has 4 nitrogen and oxygen atoms in total. The van der Waals surface area contributed by atoms with Crippen LogP contribution in [0.4, 0.5) is 5.82 Å². The molecule has 0 bridgehead atoms. The zero-order chi connectivity index (χ0) is 10.6. The smallest absolute Gasteiger partial charge is 0.335 e. The van der Waals surface area contributed by atoms with Gasteiger partial charge in [-0.15, -0.1) is 0 Å². The number of anilines is 1. The van der Waals surface area contributed by atoms with Crippen LogP contribution in [0.1, 0.15) is 23.7 Å². The fourth-order valence-corrected chi connectivity index (χ4v) is 1.21. The van der Waals surface area contributed by atoms with Gasteiger partial charge in [-0.1, -0.05) is 6.92 Å². The molecule has 0 unspecified atom stereocenters. The number of carboxylic acid groups (broad SMARTS) is 1. The Hall–Kier alpha value is -1.58. The summed E-state index contributed by atoms with van der Waals surface area (Å²) >= 11 is 0. The first-order valence-electron chi connectivity index (χ1n) is 4.55. The van der Waals surface area contributed by atoms with Crippen LogP contribution < -0.4 is 4.90 Å². The quantitative estimate of drug-likeness (QED) is 0.791. The fraction of sp³-hybridized carbons (Fsp3) is 0.400. The number of pyridine rings is 1. The van der Waals surface area contributed by atoms with Crippen molar-refractivity contribution in [1.82, 2.24) is 4.98 Å². The summed E-state index contributed by atoms with van der Waals surface area (Å²) in [5.74, 6) is -0.217. The van der Waals surface area contributed by atoms with Crippen molar-refractivity contribution in [2.45, 2.75) is 13.3 Å².